The minimum atomic E-state index is -0.652. The Morgan fingerprint density at radius 1 is 1.10 bits per heavy atom. The predicted octanol–water partition coefficient (Wildman–Crippen LogP) is 3.63. The number of rotatable bonds is 3. The molecule has 2 aromatic carbocycles. The van der Waals surface area contributed by atoms with E-state index in [1.807, 2.05) is 55.5 Å². The monoisotopic (exact) mass is 279 g/mol. The van der Waals surface area contributed by atoms with Crippen molar-refractivity contribution in [2.75, 3.05) is 7.11 Å². The maximum Gasteiger partial charge on any atom is 0.119 e. The van der Waals surface area contributed by atoms with Crippen molar-refractivity contribution in [2.45, 2.75) is 13.0 Å². The summed E-state index contributed by atoms with van der Waals surface area (Å²) in [4.78, 5) is 4.30. The Balaban J connectivity index is 2.01. The molecule has 3 rings (SSSR count). The highest BCUT2D eigenvalue weighted by atomic mass is 16.5. The first-order valence-corrected chi connectivity index (χ1v) is 6.86. The molecule has 0 saturated carbocycles. The van der Waals surface area contributed by atoms with Gasteiger partial charge in [-0.1, -0.05) is 18.2 Å². The molecule has 1 heterocycles. The standard InChI is InChI=1S/C18H17NO2/c1-12-10-15(21-2)6-7-16(12)18(20)14-5-8-17-13(11-14)4-3-9-19-17/h3-11,18,20H,1-2H3. The van der Waals surface area contributed by atoms with E-state index in [1.165, 1.54) is 0 Å². The number of aromatic nitrogens is 1. The SMILES string of the molecule is COc1ccc(C(O)c2ccc3ncccc3c2)c(C)c1. The quantitative estimate of drug-likeness (QED) is 0.796. The fraction of sp³-hybridized carbons (Fsp3) is 0.167. The number of aryl methyl sites for hydroxylation is 1. The first-order valence-electron chi connectivity index (χ1n) is 6.86. The first-order chi connectivity index (χ1) is 10.2. The van der Waals surface area contributed by atoms with Crippen LogP contribution in [-0.2, 0) is 0 Å². The number of aliphatic hydroxyl groups excluding tert-OH is 1. The van der Waals surface area contributed by atoms with Crippen LogP contribution in [-0.4, -0.2) is 17.2 Å². The molecule has 0 radical (unpaired) electrons. The lowest BCUT2D eigenvalue weighted by molar-refractivity contribution is 0.219. The zero-order valence-corrected chi connectivity index (χ0v) is 12.1. The highest BCUT2D eigenvalue weighted by Crippen LogP contribution is 2.28. The molecule has 1 aromatic heterocycles. The normalized spacial score (nSPS) is 12.3. The second-order valence-electron chi connectivity index (χ2n) is 5.08. The lowest BCUT2D eigenvalue weighted by Gasteiger charge is -2.15. The molecule has 0 spiro atoms. The second-order valence-corrected chi connectivity index (χ2v) is 5.08. The fourth-order valence-corrected chi connectivity index (χ4v) is 2.53. The van der Waals surface area contributed by atoms with E-state index in [0.29, 0.717) is 0 Å². The molecular weight excluding hydrogens is 262 g/mol. The zero-order chi connectivity index (χ0) is 14.8. The number of hydrogen-bond donors (Lipinski definition) is 1. The van der Waals surface area contributed by atoms with Crippen molar-refractivity contribution >= 4 is 10.9 Å². The van der Waals surface area contributed by atoms with Gasteiger partial charge in [0.1, 0.15) is 11.9 Å². The Kier molecular flexibility index (Phi) is 3.59. The number of nitrogens with zero attached hydrogens (tertiary/aromatic N) is 1. The number of methoxy groups -OCH3 is 1. The molecule has 0 amide bonds. The smallest absolute Gasteiger partial charge is 0.119 e. The maximum absolute atomic E-state index is 10.6. The van der Waals surface area contributed by atoms with Crippen molar-refractivity contribution in [1.82, 2.24) is 4.98 Å². The molecule has 0 aliphatic rings. The van der Waals surface area contributed by atoms with Crippen LogP contribution in [0.4, 0.5) is 0 Å². The number of hydrogen-bond acceptors (Lipinski definition) is 3. The van der Waals surface area contributed by atoms with Crippen LogP contribution in [0.15, 0.2) is 54.7 Å². The average Bonchev–Trinajstić information content (AvgIpc) is 2.53. The molecule has 3 nitrogen and oxygen atoms in total. The number of pyridine rings is 1. The van der Waals surface area contributed by atoms with Crippen molar-refractivity contribution in [1.29, 1.82) is 0 Å². The van der Waals surface area contributed by atoms with Crippen LogP contribution in [0.5, 0.6) is 5.75 Å². The van der Waals surface area contributed by atoms with Gasteiger partial charge >= 0.3 is 0 Å². The van der Waals surface area contributed by atoms with E-state index in [-0.39, 0.29) is 0 Å². The maximum atomic E-state index is 10.6. The van der Waals surface area contributed by atoms with Crippen LogP contribution in [0.1, 0.15) is 22.8 Å². The Morgan fingerprint density at radius 3 is 2.71 bits per heavy atom. The summed E-state index contributed by atoms with van der Waals surface area (Å²) in [7, 11) is 1.64. The summed E-state index contributed by atoms with van der Waals surface area (Å²) in [6.45, 7) is 1.98. The van der Waals surface area contributed by atoms with Gasteiger partial charge in [-0.3, -0.25) is 4.98 Å². The third kappa shape index (κ3) is 2.60. The summed E-state index contributed by atoms with van der Waals surface area (Å²) in [5.74, 6) is 0.797. The van der Waals surface area contributed by atoms with Crippen LogP contribution >= 0.6 is 0 Å². The van der Waals surface area contributed by atoms with Gasteiger partial charge in [0, 0.05) is 11.6 Å². The molecule has 1 N–H and O–H groups in total. The van der Waals surface area contributed by atoms with Crippen LogP contribution in [0.2, 0.25) is 0 Å². The third-order valence-corrected chi connectivity index (χ3v) is 3.71. The zero-order valence-electron chi connectivity index (χ0n) is 12.1. The van der Waals surface area contributed by atoms with Crippen LogP contribution < -0.4 is 4.74 Å². The number of ether oxygens (including phenoxy) is 1. The molecule has 0 bridgehead atoms. The van der Waals surface area contributed by atoms with Crippen LogP contribution in [0, 0.1) is 6.92 Å². The van der Waals surface area contributed by atoms with Gasteiger partial charge in [0.25, 0.3) is 0 Å². The van der Waals surface area contributed by atoms with E-state index in [1.54, 1.807) is 13.3 Å². The molecule has 0 fully saturated rings. The molecule has 1 unspecified atom stereocenters. The summed E-state index contributed by atoms with van der Waals surface area (Å²) in [6, 6.07) is 15.4. The fourth-order valence-electron chi connectivity index (χ4n) is 2.53. The molecule has 3 aromatic rings. The van der Waals surface area contributed by atoms with Crippen molar-refractivity contribution in [2.24, 2.45) is 0 Å². The number of benzene rings is 2. The lowest BCUT2D eigenvalue weighted by atomic mass is 9.96. The Hall–Kier alpha value is -2.39. The summed E-state index contributed by atoms with van der Waals surface area (Å²) in [6.07, 6.45) is 1.12. The second kappa shape index (κ2) is 5.54. The highest BCUT2D eigenvalue weighted by Gasteiger charge is 2.14. The first kappa shape index (κ1) is 13.6. The molecule has 0 aliphatic carbocycles. The minimum Gasteiger partial charge on any atom is -0.497 e. The number of fused-ring (bicyclic) bond motifs is 1. The van der Waals surface area contributed by atoms with Crippen LogP contribution in [0.25, 0.3) is 10.9 Å². The largest absolute Gasteiger partial charge is 0.497 e. The van der Waals surface area contributed by atoms with Gasteiger partial charge in [-0.25, -0.2) is 0 Å². The summed E-state index contributed by atoms with van der Waals surface area (Å²) in [5, 5.41) is 11.7. The van der Waals surface area contributed by atoms with Gasteiger partial charge < -0.3 is 9.84 Å². The highest BCUT2D eigenvalue weighted by molar-refractivity contribution is 5.79. The molecular formula is C18H17NO2. The van der Waals surface area contributed by atoms with E-state index in [4.69, 9.17) is 4.74 Å². The summed E-state index contributed by atoms with van der Waals surface area (Å²) in [5.41, 5.74) is 3.69. The van der Waals surface area contributed by atoms with E-state index < -0.39 is 6.10 Å². The van der Waals surface area contributed by atoms with E-state index in [2.05, 4.69) is 4.98 Å². The van der Waals surface area contributed by atoms with Crippen molar-refractivity contribution in [3.05, 3.63) is 71.4 Å². The van der Waals surface area contributed by atoms with Gasteiger partial charge in [-0.05, 0) is 53.9 Å². The van der Waals surface area contributed by atoms with Gasteiger partial charge in [0.2, 0.25) is 0 Å². The van der Waals surface area contributed by atoms with E-state index in [0.717, 1.165) is 33.3 Å². The summed E-state index contributed by atoms with van der Waals surface area (Å²) < 4.78 is 5.20. The van der Waals surface area contributed by atoms with Crippen molar-refractivity contribution in [3.8, 4) is 5.75 Å². The summed E-state index contributed by atoms with van der Waals surface area (Å²) >= 11 is 0. The molecule has 1 atom stereocenters. The van der Waals surface area contributed by atoms with E-state index >= 15 is 0 Å². The van der Waals surface area contributed by atoms with Gasteiger partial charge in [0.15, 0.2) is 0 Å². The van der Waals surface area contributed by atoms with Crippen LogP contribution in [0.3, 0.4) is 0 Å². The van der Waals surface area contributed by atoms with Crippen molar-refractivity contribution < 1.29 is 9.84 Å². The Labute approximate surface area is 123 Å². The van der Waals surface area contributed by atoms with Crippen molar-refractivity contribution in [3.63, 3.8) is 0 Å². The number of aliphatic hydroxyl groups is 1. The molecule has 21 heavy (non-hydrogen) atoms. The van der Waals surface area contributed by atoms with E-state index in [9.17, 15) is 5.11 Å². The average molecular weight is 279 g/mol. The minimum absolute atomic E-state index is 0.652. The Bertz CT molecular complexity index is 783. The molecule has 106 valence electrons. The van der Waals surface area contributed by atoms with Gasteiger partial charge in [-0.15, -0.1) is 0 Å². The predicted molar refractivity (Wildman–Crippen MR) is 83.5 cm³/mol. The molecule has 0 aliphatic heterocycles. The lowest BCUT2D eigenvalue weighted by Crippen LogP contribution is -2.02. The topological polar surface area (TPSA) is 42.4 Å². The van der Waals surface area contributed by atoms with Gasteiger partial charge in [-0.2, -0.15) is 0 Å². The van der Waals surface area contributed by atoms with Gasteiger partial charge in [0.05, 0.1) is 12.6 Å². The third-order valence-electron chi connectivity index (χ3n) is 3.71. The Morgan fingerprint density at radius 2 is 1.95 bits per heavy atom. The molecule has 3 heteroatoms. The molecule has 0 saturated heterocycles.